The van der Waals surface area contributed by atoms with E-state index in [1.165, 1.54) is 0 Å². The van der Waals surface area contributed by atoms with Gasteiger partial charge in [-0.1, -0.05) is 58.4 Å². The third kappa shape index (κ3) is 4.36. The Morgan fingerprint density at radius 2 is 1.75 bits per heavy atom. The lowest BCUT2D eigenvalue weighted by molar-refractivity contribution is -0.121. The van der Waals surface area contributed by atoms with Gasteiger partial charge < -0.3 is 5.32 Å². The predicted molar refractivity (Wildman–Crippen MR) is 85.9 cm³/mol. The van der Waals surface area contributed by atoms with Crippen LogP contribution in [-0.2, 0) is 11.2 Å². The lowest BCUT2D eigenvalue weighted by Gasteiger charge is -2.16. The van der Waals surface area contributed by atoms with Gasteiger partial charge in [0.15, 0.2) is 0 Å². The van der Waals surface area contributed by atoms with Crippen molar-refractivity contribution in [2.75, 3.05) is 5.88 Å². The normalized spacial score (nSPS) is 11.9. The molecule has 2 aromatic carbocycles. The molecule has 1 N–H and O–H groups in total. The fourth-order valence-electron chi connectivity index (χ4n) is 1.93. The molecule has 0 radical (unpaired) electrons. The quantitative estimate of drug-likeness (QED) is 0.807. The number of hydrogen-bond acceptors (Lipinski definition) is 1. The minimum Gasteiger partial charge on any atom is -0.348 e. The lowest BCUT2D eigenvalue weighted by atomic mass is 10.1. The predicted octanol–water partition coefficient (Wildman–Crippen LogP) is 4.09. The van der Waals surface area contributed by atoms with Crippen molar-refractivity contribution in [3.05, 3.63) is 70.2 Å². The van der Waals surface area contributed by atoms with Crippen molar-refractivity contribution >= 4 is 33.4 Å². The molecule has 0 saturated heterocycles. The van der Waals surface area contributed by atoms with E-state index < -0.39 is 0 Å². The minimum absolute atomic E-state index is 0.0261. The molecule has 0 bridgehead atoms. The largest absolute Gasteiger partial charge is 0.348 e. The van der Waals surface area contributed by atoms with Crippen LogP contribution in [-0.4, -0.2) is 11.8 Å². The maximum atomic E-state index is 12.1. The number of alkyl halides is 1. The van der Waals surface area contributed by atoms with Crippen molar-refractivity contribution in [2.24, 2.45) is 0 Å². The molecule has 0 aliphatic heterocycles. The summed E-state index contributed by atoms with van der Waals surface area (Å²) in [5.74, 6) is 0.331. The Morgan fingerprint density at radius 3 is 2.35 bits per heavy atom. The molecular weight excluding hydrogens is 338 g/mol. The first kappa shape index (κ1) is 15.1. The monoisotopic (exact) mass is 351 g/mol. The number of benzene rings is 2. The number of carbonyl (C=O) groups excluding carboxylic acids is 1. The van der Waals surface area contributed by atoms with Crippen molar-refractivity contribution < 1.29 is 4.79 Å². The molecule has 0 aliphatic carbocycles. The molecule has 0 saturated carbocycles. The zero-order chi connectivity index (χ0) is 14.4. The number of rotatable bonds is 5. The van der Waals surface area contributed by atoms with Crippen LogP contribution in [0.4, 0.5) is 0 Å². The average molecular weight is 353 g/mol. The molecule has 0 spiro atoms. The average Bonchev–Trinajstić information content (AvgIpc) is 2.48. The number of nitrogens with one attached hydrogen (secondary N) is 1. The van der Waals surface area contributed by atoms with Gasteiger partial charge in [0, 0.05) is 10.4 Å². The summed E-state index contributed by atoms with van der Waals surface area (Å²) in [4.78, 5) is 12.1. The summed E-state index contributed by atoms with van der Waals surface area (Å²) in [5.41, 5.74) is 2.00. The summed E-state index contributed by atoms with van der Waals surface area (Å²) in [6.07, 6.45) is 0.355. The summed E-state index contributed by atoms with van der Waals surface area (Å²) in [6, 6.07) is 17.3. The van der Waals surface area contributed by atoms with Gasteiger partial charge in [-0.05, 0) is 23.3 Å². The molecular formula is C16H15BrClNO. The van der Waals surface area contributed by atoms with E-state index in [1.54, 1.807) is 0 Å². The third-order valence-electron chi connectivity index (χ3n) is 2.97. The van der Waals surface area contributed by atoms with Crippen LogP contribution in [0.25, 0.3) is 0 Å². The highest BCUT2D eigenvalue weighted by Gasteiger charge is 2.13. The Labute approximate surface area is 132 Å². The van der Waals surface area contributed by atoms with E-state index in [9.17, 15) is 4.79 Å². The van der Waals surface area contributed by atoms with Gasteiger partial charge in [-0.15, -0.1) is 11.6 Å². The Bertz CT molecular complexity index is 556. The van der Waals surface area contributed by atoms with Gasteiger partial charge in [0.25, 0.3) is 0 Å². The molecule has 0 heterocycles. The molecule has 4 heteroatoms. The summed E-state index contributed by atoms with van der Waals surface area (Å²) < 4.78 is 1.00. The van der Waals surface area contributed by atoms with E-state index in [4.69, 9.17) is 11.6 Å². The van der Waals surface area contributed by atoms with Crippen molar-refractivity contribution in [2.45, 2.75) is 12.5 Å². The van der Waals surface area contributed by atoms with E-state index in [0.29, 0.717) is 12.3 Å². The fraction of sp³-hybridized carbons (Fsp3) is 0.188. The highest BCUT2D eigenvalue weighted by molar-refractivity contribution is 9.10. The van der Waals surface area contributed by atoms with Crippen LogP contribution in [0.2, 0.25) is 0 Å². The summed E-state index contributed by atoms with van der Waals surface area (Å²) >= 11 is 9.32. The van der Waals surface area contributed by atoms with Gasteiger partial charge in [-0.2, -0.15) is 0 Å². The van der Waals surface area contributed by atoms with Crippen LogP contribution in [0.5, 0.6) is 0 Å². The zero-order valence-electron chi connectivity index (χ0n) is 10.9. The van der Waals surface area contributed by atoms with Crippen molar-refractivity contribution in [3.8, 4) is 0 Å². The Hall–Kier alpha value is -1.32. The second-order valence-electron chi connectivity index (χ2n) is 4.49. The minimum atomic E-state index is -0.152. The van der Waals surface area contributed by atoms with Gasteiger partial charge >= 0.3 is 0 Å². The fourth-order valence-corrected chi connectivity index (χ4v) is 2.45. The third-order valence-corrected chi connectivity index (χ3v) is 3.81. The van der Waals surface area contributed by atoms with E-state index in [0.717, 1.165) is 15.6 Å². The van der Waals surface area contributed by atoms with Crippen LogP contribution < -0.4 is 5.32 Å². The highest BCUT2D eigenvalue weighted by atomic mass is 79.9. The van der Waals surface area contributed by atoms with Gasteiger partial charge in [0.05, 0.1) is 12.5 Å². The molecule has 2 rings (SSSR count). The van der Waals surface area contributed by atoms with Crippen LogP contribution in [0.3, 0.4) is 0 Å². The van der Waals surface area contributed by atoms with Crippen molar-refractivity contribution in [3.63, 3.8) is 0 Å². The smallest absolute Gasteiger partial charge is 0.224 e. The summed E-state index contributed by atoms with van der Waals surface area (Å²) in [5, 5.41) is 2.96. The molecule has 2 aromatic rings. The zero-order valence-corrected chi connectivity index (χ0v) is 13.2. The number of halogens is 2. The van der Waals surface area contributed by atoms with Gasteiger partial charge in [-0.25, -0.2) is 0 Å². The first-order valence-corrected chi connectivity index (χ1v) is 7.66. The number of hydrogen-bond donors (Lipinski definition) is 1. The van der Waals surface area contributed by atoms with Gasteiger partial charge in [0.2, 0.25) is 5.91 Å². The van der Waals surface area contributed by atoms with E-state index >= 15 is 0 Å². The summed E-state index contributed by atoms with van der Waals surface area (Å²) in [6.45, 7) is 0. The highest BCUT2D eigenvalue weighted by Crippen LogP contribution is 2.15. The molecule has 0 aromatic heterocycles. The second kappa shape index (κ2) is 7.46. The first-order chi connectivity index (χ1) is 9.69. The van der Waals surface area contributed by atoms with Gasteiger partial charge in [0.1, 0.15) is 0 Å². The van der Waals surface area contributed by atoms with Crippen LogP contribution in [0.15, 0.2) is 59.1 Å². The maximum absolute atomic E-state index is 12.1. The Balaban J connectivity index is 1.97. The van der Waals surface area contributed by atoms with Crippen LogP contribution in [0.1, 0.15) is 17.2 Å². The summed E-state index contributed by atoms with van der Waals surface area (Å²) in [7, 11) is 0. The first-order valence-electron chi connectivity index (χ1n) is 6.34. The SMILES string of the molecule is O=C(Cc1ccc(Br)cc1)NC(CCl)c1ccccc1. The molecule has 104 valence electrons. The molecule has 1 amide bonds. The maximum Gasteiger partial charge on any atom is 0.224 e. The van der Waals surface area contributed by atoms with Crippen molar-refractivity contribution in [1.82, 2.24) is 5.32 Å². The molecule has 1 atom stereocenters. The Morgan fingerprint density at radius 1 is 1.10 bits per heavy atom. The van der Waals surface area contributed by atoms with E-state index in [2.05, 4.69) is 21.2 Å². The molecule has 2 nitrogen and oxygen atoms in total. The molecule has 0 aliphatic rings. The Kier molecular flexibility index (Phi) is 5.62. The second-order valence-corrected chi connectivity index (χ2v) is 5.71. The number of amides is 1. The topological polar surface area (TPSA) is 29.1 Å². The van der Waals surface area contributed by atoms with Crippen LogP contribution in [0, 0.1) is 0 Å². The molecule has 20 heavy (non-hydrogen) atoms. The molecule has 0 fully saturated rings. The van der Waals surface area contributed by atoms with E-state index in [-0.39, 0.29) is 11.9 Å². The van der Waals surface area contributed by atoms with Gasteiger partial charge in [-0.3, -0.25) is 4.79 Å². The molecule has 1 unspecified atom stereocenters. The lowest BCUT2D eigenvalue weighted by Crippen LogP contribution is -2.30. The van der Waals surface area contributed by atoms with Crippen molar-refractivity contribution in [1.29, 1.82) is 0 Å². The van der Waals surface area contributed by atoms with Crippen LogP contribution >= 0.6 is 27.5 Å². The number of carbonyl (C=O) groups is 1. The van der Waals surface area contributed by atoms with E-state index in [1.807, 2.05) is 54.6 Å². The standard InChI is InChI=1S/C16H15BrClNO/c17-14-8-6-12(7-9-14)10-16(20)19-15(11-18)13-4-2-1-3-5-13/h1-9,15H,10-11H2,(H,19,20).